The van der Waals surface area contributed by atoms with E-state index in [-0.39, 0.29) is 5.60 Å². The Kier molecular flexibility index (Phi) is 6.01. The molecule has 3 nitrogen and oxygen atoms in total. The van der Waals surface area contributed by atoms with E-state index in [1.54, 1.807) is 7.11 Å². The Bertz CT molecular complexity index is 146. The quantitative estimate of drug-likeness (QED) is 0.544. The Morgan fingerprint density at radius 2 is 2.00 bits per heavy atom. The van der Waals surface area contributed by atoms with Crippen molar-refractivity contribution in [2.75, 3.05) is 38.9 Å². The smallest absolute Gasteiger partial charge is 0.0822 e. The molecule has 0 atom stereocenters. The van der Waals surface area contributed by atoms with Gasteiger partial charge in [-0.2, -0.15) is 0 Å². The molecular formula is C10H19BrO3. The van der Waals surface area contributed by atoms with Crippen molar-refractivity contribution in [1.29, 1.82) is 0 Å². The second kappa shape index (κ2) is 6.77. The Hall–Kier alpha value is 0.360. The van der Waals surface area contributed by atoms with E-state index in [9.17, 15) is 0 Å². The maximum absolute atomic E-state index is 5.91. The summed E-state index contributed by atoms with van der Waals surface area (Å²) in [5.74, 6) is 0. The molecule has 0 unspecified atom stereocenters. The van der Waals surface area contributed by atoms with E-state index in [1.807, 2.05) is 0 Å². The zero-order valence-electron chi connectivity index (χ0n) is 8.76. The maximum Gasteiger partial charge on any atom is 0.0822 e. The van der Waals surface area contributed by atoms with E-state index >= 15 is 0 Å². The Morgan fingerprint density at radius 3 is 2.57 bits per heavy atom. The van der Waals surface area contributed by atoms with Crippen LogP contribution in [0.1, 0.15) is 19.3 Å². The lowest BCUT2D eigenvalue weighted by atomic mass is 9.97. The minimum atomic E-state index is 0.00594. The van der Waals surface area contributed by atoms with Gasteiger partial charge in [0.15, 0.2) is 0 Å². The fraction of sp³-hybridized carbons (Fsp3) is 1.00. The van der Waals surface area contributed by atoms with E-state index in [0.717, 1.165) is 51.0 Å². The highest BCUT2D eigenvalue weighted by molar-refractivity contribution is 9.09. The van der Waals surface area contributed by atoms with Crippen LogP contribution in [-0.4, -0.2) is 44.5 Å². The van der Waals surface area contributed by atoms with Crippen LogP contribution in [0.4, 0.5) is 0 Å². The Balaban J connectivity index is 2.22. The number of hydrogen-bond acceptors (Lipinski definition) is 3. The van der Waals surface area contributed by atoms with E-state index in [2.05, 4.69) is 15.9 Å². The van der Waals surface area contributed by atoms with Gasteiger partial charge in [-0.25, -0.2) is 0 Å². The van der Waals surface area contributed by atoms with Crippen LogP contribution in [0.5, 0.6) is 0 Å². The van der Waals surface area contributed by atoms with Crippen molar-refractivity contribution in [1.82, 2.24) is 0 Å². The lowest BCUT2D eigenvalue weighted by Crippen LogP contribution is -2.41. The van der Waals surface area contributed by atoms with Crippen molar-refractivity contribution < 1.29 is 14.2 Å². The Morgan fingerprint density at radius 1 is 1.29 bits per heavy atom. The molecule has 14 heavy (non-hydrogen) atoms. The summed E-state index contributed by atoms with van der Waals surface area (Å²) in [5, 5.41) is 0.899. The van der Waals surface area contributed by atoms with Crippen LogP contribution in [0, 0.1) is 0 Å². The highest BCUT2D eigenvalue weighted by atomic mass is 79.9. The van der Waals surface area contributed by atoms with Gasteiger partial charge in [-0.1, -0.05) is 15.9 Å². The molecule has 0 aliphatic carbocycles. The van der Waals surface area contributed by atoms with Gasteiger partial charge in [-0.15, -0.1) is 0 Å². The van der Waals surface area contributed by atoms with E-state index in [1.165, 1.54) is 0 Å². The average molecular weight is 267 g/mol. The summed E-state index contributed by atoms with van der Waals surface area (Å²) in [5.41, 5.74) is 0.00594. The lowest BCUT2D eigenvalue weighted by Gasteiger charge is -2.35. The van der Waals surface area contributed by atoms with Crippen molar-refractivity contribution in [2.45, 2.75) is 24.9 Å². The monoisotopic (exact) mass is 266 g/mol. The third kappa shape index (κ3) is 3.85. The molecule has 1 rings (SSSR count). The van der Waals surface area contributed by atoms with Crippen LogP contribution >= 0.6 is 15.9 Å². The highest BCUT2D eigenvalue weighted by Gasteiger charge is 2.32. The van der Waals surface area contributed by atoms with Gasteiger partial charge in [0.05, 0.1) is 5.60 Å². The van der Waals surface area contributed by atoms with Gasteiger partial charge in [0.25, 0.3) is 0 Å². The predicted molar refractivity (Wildman–Crippen MR) is 59.0 cm³/mol. The molecule has 0 aromatic rings. The second-order valence-corrected chi connectivity index (χ2v) is 4.18. The first-order chi connectivity index (χ1) is 6.83. The molecule has 84 valence electrons. The molecule has 0 bridgehead atoms. The van der Waals surface area contributed by atoms with E-state index in [0.29, 0.717) is 0 Å². The molecule has 1 aliphatic heterocycles. The predicted octanol–water partition coefficient (Wildman–Crippen LogP) is 1.98. The molecule has 1 heterocycles. The fourth-order valence-electron chi connectivity index (χ4n) is 1.55. The highest BCUT2D eigenvalue weighted by Crippen LogP contribution is 2.27. The molecule has 0 saturated carbocycles. The summed E-state index contributed by atoms with van der Waals surface area (Å²) in [6, 6.07) is 0. The van der Waals surface area contributed by atoms with Gasteiger partial charge < -0.3 is 14.2 Å². The van der Waals surface area contributed by atoms with Gasteiger partial charge >= 0.3 is 0 Å². The number of halogens is 1. The first kappa shape index (κ1) is 12.4. The number of alkyl halides is 1. The van der Waals surface area contributed by atoms with Crippen molar-refractivity contribution in [2.24, 2.45) is 0 Å². The summed E-state index contributed by atoms with van der Waals surface area (Å²) < 4.78 is 16.2. The van der Waals surface area contributed by atoms with Crippen LogP contribution in [0.3, 0.4) is 0 Å². The number of methoxy groups -OCH3 is 1. The van der Waals surface area contributed by atoms with Gasteiger partial charge in [0.1, 0.15) is 0 Å². The Labute approximate surface area is 94.2 Å². The van der Waals surface area contributed by atoms with Crippen LogP contribution in [0.25, 0.3) is 0 Å². The minimum absolute atomic E-state index is 0.00594. The molecule has 0 spiro atoms. The molecule has 0 radical (unpaired) electrons. The third-order valence-corrected chi connectivity index (χ3v) is 3.57. The molecule has 0 amide bonds. The first-order valence-corrected chi connectivity index (χ1v) is 6.22. The molecule has 1 aliphatic rings. The summed E-state index contributed by atoms with van der Waals surface area (Å²) in [4.78, 5) is 0. The normalized spacial score (nSPS) is 21.0. The summed E-state index contributed by atoms with van der Waals surface area (Å²) in [7, 11) is 1.72. The van der Waals surface area contributed by atoms with Crippen molar-refractivity contribution >= 4 is 15.9 Å². The number of hydrogen-bond donors (Lipinski definition) is 0. The molecule has 0 aromatic carbocycles. The number of rotatable bonds is 6. The lowest BCUT2D eigenvalue weighted by molar-refractivity contribution is -0.0978. The van der Waals surface area contributed by atoms with Crippen LogP contribution in [0.15, 0.2) is 0 Å². The SMILES string of the molecule is COCCCOC1(CBr)CCOCC1. The summed E-state index contributed by atoms with van der Waals surface area (Å²) >= 11 is 3.53. The zero-order valence-corrected chi connectivity index (χ0v) is 10.3. The van der Waals surface area contributed by atoms with Crippen molar-refractivity contribution in [3.05, 3.63) is 0 Å². The topological polar surface area (TPSA) is 27.7 Å². The van der Waals surface area contributed by atoms with Gasteiger partial charge in [0, 0.05) is 51.7 Å². The van der Waals surface area contributed by atoms with Gasteiger partial charge in [0.2, 0.25) is 0 Å². The standard InChI is InChI=1S/C10H19BrO3/c1-12-5-2-6-14-10(9-11)3-7-13-8-4-10/h2-9H2,1H3. The largest absolute Gasteiger partial charge is 0.385 e. The van der Waals surface area contributed by atoms with Crippen LogP contribution in [-0.2, 0) is 14.2 Å². The van der Waals surface area contributed by atoms with Crippen LogP contribution in [0.2, 0.25) is 0 Å². The maximum atomic E-state index is 5.91. The fourth-order valence-corrected chi connectivity index (χ4v) is 2.27. The molecule has 1 fully saturated rings. The van der Waals surface area contributed by atoms with E-state index < -0.39 is 0 Å². The zero-order chi connectivity index (χ0) is 10.3. The molecule has 4 heteroatoms. The van der Waals surface area contributed by atoms with Crippen molar-refractivity contribution in [3.63, 3.8) is 0 Å². The van der Waals surface area contributed by atoms with Gasteiger partial charge in [-0.05, 0) is 6.42 Å². The average Bonchev–Trinajstić information content (AvgIpc) is 2.26. The minimum Gasteiger partial charge on any atom is -0.385 e. The molecular weight excluding hydrogens is 248 g/mol. The summed E-state index contributed by atoms with van der Waals surface area (Å²) in [6.45, 7) is 3.18. The third-order valence-electron chi connectivity index (χ3n) is 2.55. The molecule has 0 aromatic heterocycles. The van der Waals surface area contributed by atoms with Gasteiger partial charge in [-0.3, -0.25) is 0 Å². The molecule has 1 saturated heterocycles. The van der Waals surface area contributed by atoms with E-state index in [4.69, 9.17) is 14.2 Å². The number of ether oxygens (including phenoxy) is 3. The second-order valence-electron chi connectivity index (χ2n) is 3.62. The molecule has 0 N–H and O–H groups in total. The first-order valence-electron chi connectivity index (χ1n) is 5.09. The van der Waals surface area contributed by atoms with Crippen molar-refractivity contribution in [3.8, 4) is 0 Å². The van der Waals surface area contributed by atoms with Crippen LogP contribution < -0.4 is 0 Å². The summed E-state index contributed by atoms with van der Waals surface area (Å²) in [6.07, 6.45) is 2.95.